The third-order valence-electron chi connectivity index (χ3n) is 10.1. The van der Waals surface area contributed by atoms with Gasteiger partial charge in [0.25, 0.3) is 0 Å². The van der Waals surface area contributed by atoms with Crippen molar-refractivity contribution in [1.29, 1.82) is 0 Å². The van der Waals surface area contributed by atoms with Gasteiger partial charge in [-0.1, -0.05) is 109 Å². The van der Waals surface area contributed by atoms with Gasteiger partial charge in [0.1, 0.15) is 11.2 Å². The number of allylic oxidation sites excluding steroid dienone is 8. The molecule has 10 rings (SSSR count). The van der Waals surface area contributed by atoms with Crippen molar-refractivity contribution in [1.82, 2.24) is 14.5 Å². The van der Waals surface area contributed by atoms with E-state index in [9.17, 15) is 0 Å². The number of aromatic nitrogens is 3. The summed E-state index contributed by atoms with van der Waals surface area (Å²) in [5.41, 5.74) is 12.3. The largest absolute Gasteiger partial charge is 0.455 e. The molecule has 48 heavy (non-hydrogen) atoms. The maximum absolute atomic E-state index is 6.42. The van der Waals surface area contributed by atoms with E-state index >= 15 is 0 Å². The predicted octanol–water partition coefficient (Wildman–Crippen LogP) is 11.7. The van der Waals surface area contributed by atoms with Gasteiger partial charge >= 0.3 is 0 Å². The highest BCUT2D eigenvalue weighted by atomic mass is 16.3. The summed E-state index contributed by atoms with van der Waals surface area (Å²) in [6, 6.07) is 38.4. The summed E-state index contributed by atoms with van der Waals surface area (Å²) in [6.45, 7) is 0. The molecule has 0 fully saturated rings. The molecule has 8 aromatic rings. The third-order valence-corrected chi connectivity index (χ3v) is 10.1. The minimum absolute atomic E-state index is 0.692. The highest BCUT2D eigenvalue weighted by Crippen LogP contribution is 2.40. The van der Waals surface area contributed by atoms with E-state index < -0.39 is 0 Å². The number of fused-ring (bicyclic) bond motifs is 7. The van der Waals surface area contributed by atoms with Crippen molar-refractivity contribution in [3.63, 3.8) is 0 Å². The van der Waals surface area contributed by atoms with Crippen LogP contribution >= 0.6 is 0 Å². The molecule has 5 aromatic carbocycles. The second kappa shape index (κ2) is 10.8. The Morgan fingerprint density at radius 2 is 1.31 bits per heavy atom. The van der Waals surface area contributed by atoms with Crippen LogP contribution in [0.3, 0.4) is 0 Å². The van der Waals surface area contributed by atoms with Crippen LogP contribution in [0, 0.1) is 0 Å². The molecule has 0 spiro atoms. The molecule has 2 aliphatic rings. The zero-order valence-electron chi connectivity index (χ0n) is 26.4. The number of hydrogen-bond acceptors (Lipinski definition) is 3. The fourth-order valence-corrected chi connectivity index (χ4v) is 7.71. The lowest BCUT2D eigenvalue weighted by Crippen LogP contribution is -2.06. The number of para-hydroxylation sites is 4. The van der Waals surface area contributed by atoms with Gasteiger partial charge in [-0.3, -0.25) is 4.57 Å². The van der Waals surface area contributed by atoms with E-state index in [0.29, 0.717) is 5.95 Å². The van der Waals surface area contributed by atoms with E-state index in [1.165, 1.54) is 22.1 Å². The summed E-state index contributed by atoms with van der Waals surface area (Å²) >= 11 is 0. The van der Waals surface area contributed by atoms with E-state index in [0.717, 1.165) is 91.8 Å². The average molecular weight is 618 g/mol. The van der Waals surface area contributed by atoms with Crippen LogP contribution < -0.4 is 0 Å². The van der Waals surface area contributed by atoms with Gasteiger partial charge in [0.2, 0.25) is 5.95 Å². The lowest BCUT2D eigenvalue weighted by molar-refractivity contribution is 0.670. The van der Waals surface area contributed by atoms with Crippen LogP contribution in [-0.2, 0) is 0 Å². The van der Waals surface area contributed by atoms with E-state index in [2.05, 4.69) is 132 Å². The van der Waals surface area contributed by atoms with Crippen molar-refractivity contribution < 1.29 is 4.42 Å². The molecular formula is C44H31N3O. The first-order valence-electron chi connectivity index (χ1n) is 16.8. The van der Waals surface area contributed by atoms with Gasteiger partial charge in [-0.25, -0.2) is 9.97 Å². The zero-order valence-corrected chi connectivity index (χ0v) is 26.4. The maximum atomic E-state index is 6.42. The summed E-state index contributed by atoms with van der Waals surface area (Å²) in [6.07, 6.45) is 15.5. The molecule has 0 atom stereocenters. The second-order valence-electron chi connectivity index (χ2n) is 12.8. The van der Waals surface area contributed by atoms with E-state index in [4.69, 9.17) is 14.4 Å². The Morgan fingerprint density at radius 3 is 2.19 bits per heavy atom. The molecule has 0 unspecified atom stereocenters. The van der Waals surface area contributed by atoms with Crippen LogP contribution in [0.2, 0.25) is 0 Å². The Hall–Kier alpha value is -6.00. The van der Waals surface area contributed by atoms with E-state index in [1.54, 1.807) is 0 Å². The highest BCUT2D eigenvalue weighted by Gasteiger charge is 2.21. The first-order valence-corrected chi connectivity index (χ1v) is 16.8. The van der Waals surface area contributed by atoms with E-state index in [-0.39, 0.29) is 0 Å². The Morgan fingerprint density at radius 1 is 0.562 bits per heavy atom. The Balaban J connectivity index is 1.16. The molecule has 0 aliphatic heterocycles. The monoisotopic (exact) mass is 617 g/mol. The molecule has 3 aromatic heterocycles. The molecule has 228 valence electrons. The van der Waals surface area contributed by atoms with Gasteiger partial charge in [-0.15, -0.1) is 0 Å². The van der Waals surface area contributed by atoms with Crippen molar-refractivity contribution in [3.05, 3.63) is 156 Å². The smallest absolute Gasteiger partial charge is 0.235 e. The predicted molar refractivity (Wildman–Crippen MR) is 198 cm³/mol. The van der Waals surface area contributed by atoms with Crippen LogP contribution in [-0.4, -0.2) is 14.5 Å². The Labute approximate surface area is 277 Å². The van der Waals surface area contributed by atoms with Crippen molar-refractivity contribution in [2.75, 3.05) is 0 Å². The summed E-state index contributed by atoms with van der Waals surface area (Å²) in [5.74, 6) is 0.692. The third kappa shape index (κ3) is 4.22. The minimum atomic E-state index is 0.692. The van der Waals surface area contributed by atoms with Crippen LogP contribution in [0.4, 0.5) is 0 Å². The molecule has 3 heterocycles. The molecule has 0 radical (unpaired) electrons. The molecule has 0 bridgehead atoms. The molecule has 0 saturated carbocycles. The number of furan rings is 1. The lowest BCUT2D eigenvalue weighted by Gasteiger charge is -2.19. The molecule has 0 saturated heterocycles. The first kappa shape index (κ1) is 27.1. The highest BCUT2D eigenvalue weighted by molar-refractivity contribution is 6.13. The standard InChI is InChI=1S/C44H31N3O/c1-2-11-28(12-3-1)29-21-23-30(24-22-29)42-36-15-4-7-18-38(36)45-44(46-42)47-39-19-8-5-13-33(39)37-27-31(25-26-40(37)47)32-16-10-17-35-34-14-6-9-20-41(34)48-43(32)35/h1-2,4-11,13-21,23,25-27H,3,12,22,24H2. The molecule has 0 amide bonds. The SMILES string of the molecule is C1=CCCC(C2=CC=C(c3nc(-n4c5ccccc5c5cc(-c6cccc7c6oc6ccccc67)ccc54)nc4ccccc34)CC2)=C1. The van der Waals surface area contributed by atoms with Crippen molar-refractivity contribution in [2.24, 2.45) is 0 Å². The zero-order chi connectivity index (χ0) is 31.6. The Bertz CT molecular complexity index is 2730. The minimum Gasteiger partial charge on any atom is -0.455 e. The molecular weight excluding hydrogens is 587 g/mol. The summed E-state index contributed by atoms with van der Waals surface area (Å²) < 4.78 is 8.66. The molecule has 2 aliphatic carbocycles. The quantitative estimate of drug-likeness (QED) is 0.197. The van der Waals surface area contributed by atoms with Crippen LogP contribution in [0.5, 0.6) is 0 Å². The first-order chi connectivity index (χ1) is 23.8. The van der Waals surface area contributed by atoms with Crippen LogP contribution in [0.15, 0.2) is 155 Å². The molecule has 4 heteroatoms. The lowest BCUT2D eigenvalue weighted by atomic mass is 9.88. The van der Waals surface area contributed by atoms with E-state index in [1.807, 2.05) is 12.1 Å². The van der Waals surface area contributed by atoms with Crippen molar-refractivity contribution in [3.8, 4) is 17.1 Å². The van der Waals surface area contributed by atoms with Gasteiger partial charge in [-0.2, -0.15) is 0 Å². The number of hydrogen-bond donors (Lipinski definition) is 0. The summed E-state index contributed by atoms with van der Waals surface area (Å²) in [7, 11) is 0. The summed E-state index contributed by atoms with van der Waals surface area (Å²) in [4.78, 5) is 10.5. The number of benzene rings is 5. The average Bonchev–Trinajstić information content (AvgIpc) is 3.70. The Kier molecular flexibility index (Phi) is 6.10. The number of rotatable bonds is 4. The van der Waals surface area contributed by atoms with Gasteiger partial charge in [0.15, 0.2) is 0 Å². The van der Waals surface area contributed by atoms with Crippen LogP contribution in [0.1, 0.15) is 31.4 Å². The topological polar surface area (TPSA) is 43.9 Å². The fraction of sp³-hybridized carbons (Fsp3) is 0.0909. The molecule has 4 nitrogen and oxygen atoms in total. The maximum Gasteiger partial charge on any atom is 0.235 e. The molecule has 0 N–H and O–H groups in total. The van der Waals surface area contributed by atoms with Gasteiger partial charge < -0.3 is 4.42 Å². The van der Waals surface area contributed by atoms with Crippen LogP contribution in [0.25, 0.3) is 77.3 Å². The van der Waals surface area contributed by atoms with Crippen molar-refractivity contribution >= 4 is 60.2 Å². The number of nitrogens with zero attached hydrogens (tertiary/aromatic N) is 3. The van der Waals surface area contributed by atoms with Gasteiger partial charge in [-0.05, 0) is 78.3 Å². The summed E-state index contributed by atoms with van der Waals surface area (Å²) in [5, 5.41) is 5.69. The van der Waals surface area contributed by atoms with Gasteiger partial charge in [0, 0.05) is 32.5 Å². The normalized spacial score (nSPS) is 15.0. The fourth-order valence-electron chi connectivity index (χ4n) is 7.71. The second-order valence-corrected chi connectivity index (χ2v) is 12.8. The van der Waals surface area contributed by atoms with Crippen molar-refractivity contribution in [2.45, 2.75) is 25.7 Å². The van der Waals surface area contributed by atoms with Gasteiger partial charge in [0.05, 0.1) is 22.2 Å².